The maximum Gasteiger partial charge on any atom is 0.128 e. The first kappa shape index (κ1) is 11.9. The summed E-state index contributed by atoms with van der Waals surface area (Å²) in [4.78, 5) is 7.09. The Kier molecular flexibility index (Phi) is 2.92. The van der Waals surface area contributed by atoms with Crippen molar-refractivity contribution in [2.24, 2.45) is 10.9 Å². The molecule has 0 saturated carbocycles. The molecule has 0 radical (unpaired) electrons. The molecule has 3 aliphatic rings. The minimum absolute atomic E-state index is 0.252. The summed E-state index contributed by atoms with van der Waals surface area (Å²) in [5.74, 6) is 0.466. The van der Waals surface area contributed by atoms with Crippen molar-refractivity contribution >= 4 is 6.21 Å². The topological polar surface area (TPSA) is 27.6 Å². The van der Waals surface area contributed by atoms with Crippen LogP contribution in [0.15, 0.2) is 58.7 Å². The molecule has 0 spiro atoms. The lowest BCUT2D eigenvalue weighted by Crippen LogP contribution is -2.32. The molecule has 3 aliphatic heterocycles. The van der Waals surface area contributed by atoms with Crippen molar-refractivity contribution in [2.45, 2.75) is 19.1 Å². The average Bonchev–Trinajstić information content (AvgIpc) is 2.86. The Morgan fingerprint density at radius 2 is 2.15 bits per heavy atom. The van der Waals surface area contributed by atoms with Gasteiger partial charge in [0.1, 0.15) is 6.17 Å². The fraction of sp³-hybridized carbons (Fsp3) is 0.353. The molecule has 4 rings (SSSR count). The number of nitrogens with zero attached hydrogens (tertiary/aromatic N) is 2. The summed E-state index contributed by atoms with van der Waals surface area (Å²) < 4.78 is 0. The van der Waals surface area contributed by atoms with Gasteiger partial charge in [-0.15, -0.1) is 0 Å². The van der Waals surface area contributed by atoms with Crippen LogP contribution in [0.5, 0.6) is 0 Å². The van der Waals surface area contributed by atoms with Crippen LogP contribution in [0, 0.1) is 5.92 Å². The van der Waals surface area contributed by atoms with E-state index in [4.69, 9.17) is 0 Å². The van der Waals surface area contributed by atoms with Crippen molar-refractivity contribution in [1.82, 2.24) is 10.2 Å². The summed E-state index contributed by atoms with van der Waals surface area (Å²) >= 11 is 0. The molecule has 1 N–H and O–H groups in total. The quantitative estimate of drug-likeness (QED) is 0.889. The zero-order valence-electron chi connectivity index (χ0n) is 11.5. The van der Waals surface area contributed by atoms with Crippen LogP contribution in [0.3, 0.4) is 0 Å². The maximum absolute atomic E-state index is 4.54. The number of benzene rings is 1. The van der Waals surface area contributed by atoms with Gasteiger partial charge in [0.05, 0.1) is 0 Å². The summed E-state index contributed by atoms with van der Waals surface area (Å²) in [6.07, 6.45) is 7.66. The Balaban J connectivity index is 1.50. The van der Waals surface area contributed by atoms with Gasteiger partial charge in [-0.05, 0) is 23.6 Å². The fourth-order valence-electron chi connectivity index (χ4n) is 3.42. The largest absolute Gasteiger partial charge is 0.366 e. The molecule has 0 aromatic heterocycles. The van der Waals surface area contributed by atoms with Crippen molar-refractivity contribution < 1.29 is 0 Å². The summed E-state index contributed by atoms with van der Waals surface area (Å²) in [6.45, 7) is 3.24. The Bertz CT molecular complexity index is 586. The fourth-order valence-corrected chi connectivity index (χ4v) is 3.42. The third-order valence-electron chi connectivity index (χ3n) is 4.42. The highest BCUT2D eigenvalue weighted by molar-refractivity contribution is 5.73. The van der Waals surface area contributed by atoms with Gasteiger partial charge < -0.3 is 5.32 Å². The van der Waals surface area contributed by atoms with Crippen LogP contribution in [0.1, 0.15) is 12.0 Å². The van der Waals surface area contributed by atoms with Crippen LogP contribution in [-0.2, 0) is 6.54 Å². The van der Waals surface area contributed by atoms with E-state index in [0.29, 0.717) is 5.92 Å². The van der Waals surface area contributed by atoms with Gasteiger partial charge in [-0.3, -0.25) is 9.89 Å². The minimum Gasteiger partial charge on any atom is -0.366 e. The van der Waals surface area contributed by atoms with Crippen LogP contribution >= 0.6 is 0 Å². The zero-order chi connectivity index (χ0) is 13.4. The number of nitrogens with one attached hydrogen (secondary N) is 1. The van der Waals surface area contributed by atoms with E-state index in [0.717, 1.165) is 26.1 Å². The molecule has 3 heteroatoms. The van der Waals surface area contributed by atoms with Crippen LogP contribution < -0.4 is 5.32 Å². The van der Waals surface area contributed by atoms with Crippen LogP contribution in [-0.4, -0.2) is 30.4 Å². The molecule has 2 unspecified atom stereocenters. The van der Waals surface area contributed by atoms with E-state index in [1.807, 2.05) is 6.21 Å². The summed E-state index contributed by atoms with van der Waals surface area (Å²) in [6, 6.07) is 10.7. The van der Waals surface area contributed by atoms with E-state index in [9.17, 15) is 0 Å². The lowest BCUT2D eigenvalue weighted by molar-refractivity contribution is 0.273. The summed E-state index contributed by atoms with van der Waals surface area (Å²) in [7, 11) is 0. The monoisotopic (exact) mass is 265 g/mol. The second-order valence-electron chi connectivity index (χ2n) is 5.75. The van der Waals surface area contributed by atoms with Gasteiger partial charge >= 0.3 is 0 Å². The van der Waals surface area contributed by atoms with Crippen molar-refractivity contribution in [2.75, 3.05) is 13.1 Å². The Hall–Kier alpha value is -1.87. The molecule has 1 aromatic carbocycles. The number of allylic oxidation sites excluding steroid dienone is 1. The van der Waals surface area contributed by atoms with Gasteiger partial charge in [-0.1, -0.05) is 36.4 Å². The van der Waals surface area contributed by atoms with E-state index >= 15 is 0 Å². The number of fused-ring (bicyclic) bond motifs is 2. The first-order valence-electron chi connectivity index (χ1n) is 7.35. The van der Waals surface area contributed by atoms with Crippen LogP contribution in [0.2, 0.25) is 0 Å². The third-order valence-corrected chi connectivity index (χ3v) is 4.42. The molecule has 1 aromatic rings. The van der Waals surface area contributed by atoms with Crippen molar-refractivity contribution in [3.05, 3.63) is 59.3 Å². The molecule has 20 heavy (non-hydrogen) atoms. The molecule has 2 atom stereocenters. The summed E-state index contributed by atoms with van der Waals surface area (Å²) in [5, 5.41) is 3.58. The van der Waals surface area contributed by atoms with Gasteiger partial charge in [0.2, 0.25) is 0 Å². The third kappa shape index (κ3) is 2.08. The number of hydrogen-bond donors (Lipinski definition) is 1. The van der Waals surface area contributed by atoms with Crippen molar-refractivity contribution in [3.8, 4) is 0 Å². The van der Waals surface area contributed by atoms with Gasteiger partial charge in [0.25, 0.3) is 0 Å². The molecular weight excluding hydrogens is 246 g/mol. The van der Waals surface area contributed by atoms with Gasteiger partial charge in [0, 0.05) is 37.5 Å². The lowest BCUT2D eigenvalue weighted by Gasteiger charge is -2.29. The average molecular weight is 265 g/mol. The van der Waals surface area contributed by atoms with E-state index in [2.05, 4.69) is 57.7 Å². The normalized spacial score (nSPS) is 28.2. The standard InChI is InChI=1S/C17H19N3/c1-2-5-13(6-3-1)11-20-10-8-16-15(12-20)14-7-4-9-18-17(14)19-16/h1-7,9,14,17,19H,8,10-12H2. The van der Waals surface area contributed by atoms with Crippen molar-refractivity contribution in [1.29, 1.82) is 0 Å². The molecular formula is C17H19N3. The Labute approximate surface area is 119 Å². The number of rotatable bonds is 2. The molecule has 0 amide bonds. The first-order chi connectivity index (χ1) is 9.90. The molecule has 0 aliphatic carbocycles. The molecule has 0 saturated heterocycles. The van der Waals surface area contributed by atoms with Crippen molar-refractivity contribution in [3.63, 3.8) is 0 Å². The molecule has 3 heterocycles. The molecule has 0 fully saturated rings. The van der Waals surface area contributed by atoms with E-state index in [1.54, 1.807) is 5.57 Å². The van der Waals surface area contributed by atoms with E-state index in [1.165, 1.54) is 11.3 Å². The van der Waals surface area contributed by atoms with Gasteiger partial charge in [-0.25, -0.2) is 0 Å². The van der Waals surface area contributed by atoms with Crippen LogP contribution in [0.4, 0.5) is 0 Å². The first-order valence-corrected chi connectivity index (χ1v) is 7.35. The SMILES string of the molecule is C1=CC2C3=C(CCN(Cc4ccccc4)C3)NC2N=C1. The predicted molar refractivity (Wildman–Crippen MR) is 81.4 cm³/mol. The maximum atomic E-state index is 4.54. The highest BCUT2D eigenvalue weighted by atomic mass is 15.2. The van der Waals surface area contributed by atoms with E-state index < -0.39 is 0 Å². The highest BCUT2D eigenvalue weighted by Crippen LogP contribution is 2.34. The highest BCUT2D eigenvalue weighted by Gasteiger charge is 2.35. The van der Waals surface area contributed by atoms with Crippen LogP contribution in [0.25, 0.3) is 0 Å². The second kappa shape index (κ2) is 4.91. The predicted octanol–water partition coefficient (Wildman–Crippen LogP) is 2.33. The molecule has 102 valence electrons. The number of hydrogen-bond acceptors (Lipinski definition) is 3. The lowest BCUT2D eigenvalue weighted by atomic mass is 9.93. The van der Waals surface area contributed by atoms with Gasteiger partial charge in [0.15, 0.2) is 0 Å². The van der Waals surface area contributed by atoms with E-state index in [-0.39, 0.29) is 6.17 Å². The molecule has 3 nitrogen and oxygen atoms in total. The number of dihydropyridines is 1. The Morgan fingerprint density at radius 3 is 3.05 bits per heavy atom. The zero-order valence-corrected chi connectivity index (χ0v) is 11.5. The smallest absolute Gasteiger partial charge is 0.128 e. The minimum atomic E-state index is 0.252. The number of aliphatic imine (C=N–C) groups is 1. The molecule has 0 bridgehead atoms. The Morgan fingerprint density at radius 1 is 1.25 bits per heavy atom. The summed E-state index contributed by atoms with van der Waals surface area (Å²) in [5.41, 5.74) is 4.38. The van der Waals surface area contributed by atoms with Gasteiger partial charge in [-0.2, -0.15) is 0 Å². The second-order valence-corrected chi connectivity index (χ2v) is 5.75.